The molecule has 1 rings (SSSR count). The number of quaternary nitrogens is 1. The van der Waals surface area contributed by atoms with Gasteiger partial charge in [0.05, 0.1) is 33.9 Å². The van der Waals surface area contributed by atoms with Gasteiger partial charge in [0.2, 0.25) is 0 Å². The molecule has 1 atom stereocenters. The predicted molar refractivity (Wildman–Crippen MR) is 70.2 cm³/mol. The maximum absolute atomic E-state index is 9.08. The second kappa shape index (κ2) is 7.96. The summed E-state index contributed by atoms with van der Waals surface area (Å²) in [5, 5.41) is 9.08. The smallest absolute Gasteiger partial charge is 0.122 e. The maximum Gasteiger partial charge on any atom is 0.122 e. The second-order valence-electron chi connectivity index (χ2n) is 5.09. The summed E-state index contributed by atoms with van der Waals surface area (Å²) in [5.74, 6) is 0.948. The van der Waals surface area contributed by atoms with Crippen molar-refractivity contribution < 1.29 is 38.3 Å². The summed E-state index contributed by atoms with van der Waals surface area (Å²) in [5.41, 5.74) is 1.23. The normalized spacial score (nSPS) is 12.7. The van der Waals surface area contributed by atoms with Crippen LogP contribution in [-0.4, -0.2) is 50.0 Å². The summed E-state index contributed by atoms with van der Waals surface area (Å²) in [6, 6.07) is 8.57. The molecule has 1 aromatic carbocycles. The lowest BCUT2D eigenvalue weighted by atomic mass is 10.0. The summed E-state index contributed by atoms with van der Waals surface area (Å²) < 4.78 is 6.18. The number of aliphatic hydroxyl groups excluding tert-OH is 1. The first-order chi connectivity index (χ1) is 8.01. The van der Waals surface area contributed by atoms with Crippen LogP contribution in [-0.2, 0) is 6.42 Å². The Morgan fingerprint density at radius 3 is 2.44 bits per heavy atom. The number of benzene rings is 1. The Bertz CT molecular complexity index is 355. The second-order valence-corrected chi connectivity index (χ2v) is 5.09. The quantitative estimate of drug-likeness (QED) is 0.502. The van der Waals surface area contributed by atoms with Gasteiger partial charge in [-0.25, -0.2) is 0 Å². The third-order valence-electron chi connectivity index (χ3n) is 3.58. The van der Waals surface area contributed by atoms with Gasteiger partial charge in [0, 0.05) is 6.42 Å². The summed E-state index contributed by atoms with van der Waals surface area (Å²) in [6.07, 6.45) is 0.955. The van der Waals surface area contributed by atoms with Crippen LogP contribution in [0.2, 0.25) is 0 Å². The van der Waals surface area contributed by atoms with E-state index < -0.39 is 0 Å². The van der Waals surface area contributed by atoms with Crippen molar-refractivity contribution in [3.05, 3.63) is 29.8 Å². The fourth-order valence-electron chi connectivity index (χ4n) is 1.92. The van der Waals surface area contributed by atoms with E-state index in [1.165, 1.54) is 5.56 Å². The fraction of sp³-hybridized carbons (Fsp3) is 0.571. The molecule has 18 heavy (non-hydrogen) atoms. The number of likely N-dealkylation sites (N-methyl/N-ethyl adjacent to an activating group) is 1. The van der Waals surface area contributed by atoms with E-state index in [1.807, 2.05) is 18.2 Å². The molecule has 0 aliphatic carbocycles. The van der Waals surface area contributed by atoms with Crippen LogP contribution in [0.15, 0.2) is 24.3 Å². The van der Waals surface area contributed by atoms with Crippen LogP contribution in [0.25, 0.3) is 0 Å². The molecule has 0 amide bonds. The monoisotopic (exact) mass is 365 g/mol. The topological polar surface area (TPSA) is 29.5 Å². The van der Waals surface area contributed by atoms with Crippen molar-refractivity contribution in [2.24, 2.45) is 0 Å². The van der Waals surface area contributed by atoms with Crippen LogP contribution in [0.3, 0.4) is 0 Å². The number of hydrogen-bond donors (Lipinski definition) is 1. The Kier molecular flexibility index (Phi) is 7.82. The lowest BCUT2D eigenvalue weighted by molar-refractivity contribution is -0.913. The zero-order valence-corrected chi connectivity index (χ0v) is 13.8. The highest BCUT2D eigenvalue weighted by molar-refractivity contribution is 5.33. The molecular weight excluding hydrogens is 341 g/mol. The molecule has 4 heteroatoms. The molecule has 0 heterocycles. The highest BCUT2D eigenvalue weighted by Crippen LogP contribution is 2.21. The predicted octanol–water partition coefficient (Wildman–Crippen LogP) is -1.30. The number of hydrogen-bond acceptors (Lipinski definition) is 2. The minimum absolute atomic E-state index is 0. The van der Waals surface area contributed by atoms with Crippen molar-refractivity contribution in [2.45, 2.75) is 19.4 Å². The number of rotatable bonds is 6. The number of nitrogens with zero attached hydrogens (tertiary/aromatic N) is 1. The molecule has 0 radical (unpaired) electrons. The first-order valence-corrected chi connectivity index (χ1v) is 6.06. The fourth-order valence-corrected chi connectivity index (χ4v) is 1.92. The molecule has 0 saturated carbocycles. The van der Waals surface area contributed by atoms with Crippen molar-refractivity contribution in [1.29, 1.82) is 0 Å². The van der Waals surface area contributed by atoms with Gasteiger partial charge < -0.3 is 38.3 Å². The summed E-state index contributed by atoms with van der Waals surface area (Å²) >= 11 is 0. The number of methoxy groups -OCH3 is 1. The zero-order chi connectivity index (χ0) is 12.9. The van der Waals surface area contributed by atoms with E-state index in [0.717, 1.165) is 23.2 Å². The highest BCUT2D eigenvalue weighted by atomic mass is 127. The van der Waals surface area contributed by atoms with Crippen LogP contribution in [0.5, 0.6) is 5.75 Å². The van der Waals surface area contributed by atoms with E-state index in [4.69, 9.17) is 9.84 Å². The molecule has 1 N–H and O–H groups in total. The molecular formula is C14H24INO2. The van der Waals surface area contributed by atoms with Crippen LogP contribution < -0.4 is 28.7 Å². The summed E-state index contributed by atoms with van der Waals surface area (Å²) in [7, 11) is 6.00. The van der Waals surface area contributed by atoms with Gasteiger partial charge in [-0.3, -0.25) is 0 Å². The van der Waals surface area contributed by atoms with Gasteiger partial charge >= 0.3 is 0 Å². The van der Waals surface area contributed by atoms with Crippen molar-refractivity contribution >= 4 is 0 Å². The van der Waals surface area contributed by atoms with Crippen molar-refractivity contribution in [1.82, 2.24) is 0 Å². The van der Waals surface area contributed by atoms with Crippen molar-refractivity contribution in [3.63, 3.8) is 0 Å². The third kappa shape index (κ3) is 4.74. The number of para-hydroxylation sites is 1. The summed E-state index contributed by atoms with van der Waals surface area (Å²) in [6.45, 7) is 3.21. The molecule has 0 spiro atoms. The average molecular weight is 365 g/mol. The Morgan fingerprint density at radius 1 is 1.28 bits per heavy atom. The van der Waals surface area contributed by atoms with Gasteiger partial charge in [-0.15, -0.1) is 0 Å². The molecule has 0 aliphatic heterocycles. The molecule has 1 aromatic rings. The number of halogens is 1. The highest BCUT2D eigenvalue weighted by Gasteiger charge is 2.24. The number of aliphatic hydroxyl groups is 1. The van der Waals surface area contributed by atoms with Gasteiger partial charge in [-0.05, 0) is 18.6 Å². The van der Waals surface area contributed by atoms with E-state index in [-0.39, 0.29) is 30.6 Å². The van der Waals surface area contributed by atoms with E-state index in [0.29, 0.717) is 6.04 Å². The molecule has 1 unspecified atom stereocenters. The summed E-state index contributed by atoms with van der Waals surface area (Å²) in [4.78, 5) is 0. The van der Waals surface area contributed by atoms with Crippen LogP contribution in [0.1, 0.15) is 12.5 Å². The first-order valence-electron chi connectivity index (χ1n) is 6.06. The Labute approximate surface area is 127 Å². The lowest BCUT2D eigenvalue weighted by Gasteiger charge is -2.36. The molecule has 0 saturated heterocycles. The molecule has 104 valence electrons. The largest absolute Gasteiger partial charge is 1.00 e. The SMILES string of the molecule is COc1ccccc1CC(C)[N+](C)(C)CCO.[I-]. The van der Waals surface area contributed by atoms with E-state index >= 15 is 0 Å². The van der Waals surface area contributed by atoms with Gasteiger partial charge in [-0.2, -0.15) is 0 Å². The van der Waals surface area contributed by atoms with Gasteiger partial charge in [0.25, 0.3) is 0 Å². The standard InChI is InChI=1S/C14H24NO2.HI/c1-12(15(2,3)9-10-16)11-13-7-5-6-8-14(13)17-4;/h5-8,12,16H,9-11H2,1-4H3;1H/q+1;/p-1. The Balaban J connectivity index is 0.00000289. The minimum Gasteiger partial charge on any atom is -1.00 e. The molecule has 3 nitrogen and oxygen atoms in total. The Hall–Kier alpha value is -0.330. The van der Waals surface area contributed by atoms with Gasteiger partial charge in [0.1, 0.15) is 12.3 Å². The first kappa shape index (κ1) is 17.7. The molecule has 0 fully saturated rings. The molecule has 0 aromatic heterocycles. The van der Waals surface area contributed by atoms with Crippen LogP contribution in [0.4, 0.5) is 0 Å². The molecule has 0 aliphatic rings. The van der Waals surface area contributed by atoms with Crippen LogP contribution in [0, 0.1) is 0 Å². The average Bonchev–Trinajstić information content (AvgIpc) is 2.29. The van der Waals surface area contributed by atoms with Gasteiger partial charge in [0.15, 0.2) is 0 Å². The lowest BCUT2D eigenvalue weighted by Crippen LogP contribution is -3.00. The zero-order valence-electron chi connectivity index (χ0n) is 11.7. The third-order valence-corrected chi connectivity index (χ3v) is 3.58. The van der Waals surface area contributed by atoms with E-state index in [9.17, 15) is 0 Å². The van der Waals surface area contributed by atoms with Crippen molar-refractivity contribution in [2.75, 3.05) is 34.4 Å². The van der Waals surface area contributed by atoms with E-state index in [1.54, 1.807) is 7.11 Å². The molecule has 0 bridgehead atoms. The van der Waals surface area contributed by atoms with Gasteiger partial charge in [-0.1, -0.05) is 18.2 Å². The minimum atomic E-state index is 0. The van der Waals surface area contributed by atoms with Crippen molar-refractivity contribution in [3.8, 4) is 5.75 Å². The Morgan fingerprint density at radius 2 is 1.89 bits per heavy atom. The maximum atomic E-state index is 9.08. The number of ether oxygens (including phenoxy) is 1. The van der Waals surface area contributed by atoms with Crippen LogP contribution >= 0.6 is 0 Å². The van der Waals surface area contributed by atoms with E-state index in [2.05, 4.69) is 27.1 Å².